The summed E-state index contributed by atoms with van der Waals surface area (Å²) in [5.74, 6) is -3.10. The summed E-state index contributed by atoms with van der Waals surface area (Å²) in [5, 5.41) is 2.98. The molecule has 3 nitrogen and oxygen atoms in total. The number of carbonyl (C=O) groups excluding carboxylic acids is 1. The van der Waals surface area contributed by atoms with Crippen LogP contribution < -0.4 is 5.32 Å². The lowest BCUT2D eigenvalue weighted by molar-refractivity contribution is 0.0936. The second kappa shape index (κ2) is 8.10. The van der Waals surface area contributed by atoms with Crippen molar-refractivity contribution >= 4 is 17.5 Å². The van der Waals surface area contributed by atoms with Gasteiger partial charge < -0.3 is 5.32 Å². The zero-order valence-corrected chi connectivity index (χ0v) is 14.7. The largest absolute Gasteiger partial charge is 0.350 e. The fraction of sp³-hybridized carbons (Fsp3) is 0.316. The Hall–Kier alpha value is -2.05. The van der Waals surface area contributed by atoms with Crippen LogP contribution in [0.25, 0.3) is 0 Å². The Morgan fingerprint density at radius 1 is 1.08 bits per heavy atom. The number of halogens is 4. The number of amides is 1. The summed E-state index contributed by atoms with van der Waals surface area (Å²) in [6, 6.07) is 6.99. The maximum atomic E-state index is 14.4. The van der Waals surface area contributed by atoms with E-state index in [9.17, 15) is 18.0 Å². The summed E-state index contributed by atoms with van der Waals surface area (Å²) in [6.45, 7) is 1.66. The average molecular weight is 383 g/mol. The molecule has 0 spiro atoms. The lowest BCUT2D eigenvalue weighted by Gasteiger charge is -2.29. The highest BCUT2D eigenvalue weighted by Gasteiger charge is 2.28. The van der Waals surface area contributed by atoms with Crippen LogP contribution in [-0.2, 0) is 0 Å². The first-order valence-corrected chi connectivity index (χ1v) is 8.76. The maximum absolute atomic E-state index is 14.4. The lowest BCUT2D eigenvalue weighted by atomic mass is 10.0. The number of likely N-dealkylation sites (tertiary alicyclic amines) is 1. The Bertz CT molecular complexity index is 789. The molecule has 1 aliphatic rings. The quantitative estimate of drug-likeness (QED) is 0.835. The van der Waals surface area contributed by atoms with Gasteiger partial charge in [-0.25, -0.2) is 13.2 Å². The van der Waals surface area contributed by atoms with Crippen LogP contribution >= 0.6 is 11.6 Å². The van der Waals surface area contributed by atoms with Crippen molar-refractivity contribution in [2.24, 2.45) is 0 Å². The highest BCUT2D eigenvalue weighted by atomic mass is 35.5. The highest BCUT2D eigenvalue weighted by molar-refractivity contribution is 6.31. The molecule has 138 valence electrons. The van der Waals surface area contributed by atoms with Gasteiger partial charge in [0.2, 0.25) is 0 Å². The molecule has 26 heavy (non-hydrogen) atoms. The first-order valence-electron chi connectivity index (χ1n) is 8.38. The van der Waals surface area contributed by atoms with E-state index in [4.69, 9.17) is 11.6 Å². The van der Waals surface area contributed by atoms with E-state index in [0.717, 1.165) is 38.1 Å². The summed E-state index contributed by atoms with van der Waals surface area (Å²) < 4.78 is 40.7. The molecule has 1 heterocycles. The molecule has 3 rings (SSSR count). The smallest absolute Gasteiger partial charge is 0.251 e. The van der Waals surface area contributed by atoms with E-state index >= 15 is 0 Å². The van der Waals surface area contributed by atoms with Crippen molar-refractivity contribution in [1.82, 2.24) is 10.2 Å². The monoisotopic (exact) mass is 382 g/mol. The standard InChI is InChI=1S/C19H18ClF3N2O/c20-13-4-3-5-15(22)18(13)17(25-8-1-2-9-25)11-24-19(26)12-6-7-14(21)16(23)10-12/h3-7,10,17H,1-2,8-9,11H2,(H,24,26). The van der Waals surface area contributed by atoms with E-state index in [1.807, 2.05) is 0 Å². The van der Waals surface area contributed by atoms with Crippen LogP contribution in [0.15, 0.2) is 36.4 Å². The minimum absolute atomic E-state index is 0.00343. The van der Waals surface area contributed by atoms with E-state index in [0.29, 0.717) is 10.6 Å². The van der Waals surface area contributed by atoms with E-state index in [1.165, 1.54) is 18.2 Å². The van der Waals surface area contributed by atoms with Crippen LogP contribution in [0.1, 0.15) is 34.8 Å². The normalized spacial score (nSPS) is 15.8. The summed E-state index contributed by atoms with van der Waals surface area (Å²) in [6.07, 6.45) is 1.97. The van der Waals surface area contributed by atoms with Gasteiger partial charge in [-0.3, -0.25) is 9.69 Å². The van der Waals surface area contributed by atoms with E-state index in [2.05, 4.69) is 10.2 Å². The van der Waals surface area contributed by atoms with Gasteiger partial charge in [0.1, 0.15) is 5.82 Å². The Morgan fingerprint density at radius 2 is 1.81 bits per heavy atom. The van der Waals surface area contributed by atoms with Gasteiger partial charge >= 0.3 is 0 Å². The first kappa shape index (κ1) is 18.7. The summed E-state index contributed by atoms with van der Waals surface area (Å²) in [5.41, 5.74) is 0.338. The third kappa shape index (κ3) is 4.02. The molecule has 0 radical (unpaired) electrons. The molecule has 1 amide bonds. The van der Waals surface area contributed by atoms with Crippen molar-refractivity contribution in [2.45, 2.75) is 18.9 Å². The lowest BCUT2D eigenvalue weighted by Crippen LogP contribution is -2.37. The second-order valence-electron chi connectivity index (χ2n) is 6.23. The zero-order chi connectivity index (χ0) is 18.7. The number of nitrogens with one attached hydrogen (secondary N) is 1. The van der Waals surface area contributed by atoms with Crippen LogP contribution in [0.2, 0.25) is 5.02 Å². The van der Waals surface area contributed by atoms with Crippen molar-refractivity contribution in [3.63, 3.8) is 0 Å². The molecule has 1 fully saturated rings. The molecule has 2 aromatic rings. The van der Waals surface area contributed by atoms with Crippen LogP contribution in [0.5, 0.6) is 0 Å². The minimum Gasteiger partial charge on any atom is -0.350 e. The SMILES string of the molecule is O=C(NCC(c1c(F)cccc1Cl)N1CCCC1)c1ccc(F)c(F)c1. The fourth-order valence-electron chi connectivity index (χ4n) is 3.22. The van der Waals surface area contributed by atoms with Crippen LogP contribution in [0.4, 0.5) is 13.2 Å². The van der Waals surface area contributed by atoms with Gasteiger partial charge in [-0.2, -0.15) is 0 Å². The Labute approximate surface area is 154 Å². The Morgan fingerprint density at radius 3 is 2.46 bits per heavy atom. The van der Waals surface area contributed by atoms with Crippen molar-refractivity contribution in [2.75, 3.05) is 19.6 Å². The predicted octanol–water partition coefficient (Wildman–Crippen LogP) is 4.32. The number of carbonyl (C=O) groups is 1. The molecule has 1 unspecified atom stereocenters. The number of nitrogens with zero attached hydrogens (tertiary/aromatic N) is 1. The van der Waals surface area contributed by atoms with Gasteiger partial charge in [0, 0.05) is 22.7 Å². The molecule has 0 aliphatic carbocycles. The molecule has 1 atom stereocenters. The molecule has 1 N–H and O–H groups in total. The first-order chi connectivity index (χ1) is 12.5. The van der Waals surface area contributed by atoms with Gasteiger partial charge in [0.15, 0.2) is 11.6 Å². The topological polar surface area (TPSA) is 32.3 Å². The Balaban J connectivity index is 1.80. The highest BCUT2D eigenvalue weighted by Crippen LogP contribution is 2.32. The van der Waals surface area contributed by atoms with E-state index in [1.54, 1.807) is 6.07 Å². The van der Waals surface area contributed by atoms with Crippen molar-refractivity contribution in [1.29, 1.82) is 0 Å². The molecule has 1 saturated heterocycles. The van der Waals surface area contributed by atoms with Gasteiger partial charge in [-0.05, 0) is 56.3 Å². The predicted molar refractivity (Wildman–Crippen MR) is 93.6 cm³/mol. The van der Waals surface area contributed by atoms with Crippen molar-refractivity contribution in [3.05, 3.63) is 70.0 Å². The van der Waals surface area contributed by atoms with Crippen molar-refractivity contribution < 1.29 is 18.0 Å². The third-order valence-electron chi connectivity index (χ3n) is 4.55. The maximum Gasteiger partial charge on any atom is 0.251 e. The number of hydrogen-bond acceptors (Lipinski definition) is 2. The van der Waals surface area contributed by atoms with E-state index < -0.39 is 29.4 Å². The number of rotatable bonds is 5. The molecule has 2 aromatic carbocycles. The molecule has 0 aromatic heterocycles. The summed E-state index contributed by atoms with van der Waals surface area (Å²) in [4.78, 5) is 14.3. The molecular formula is C19H18ClF3N2O. The molecule has 1 aliphatic heterocycles. The van der Waals surface area contributed by atoms with Crippen LogP contribution in [-0.4, -0.2) is 30.4 Å². The fourth-order valence-corrected chi connectivity index (χ4v) is 3.51. The van der Waals surface area contributed by atoms with Crippen LogP contribution in [0.3, 0.4) is 0 Å². The molecular weight excluding hydrogens is 365 g/mol. The molecule has 7 heteroatoms. The molecule has 0 bridgehead atoms. The third-order valence-corrected chi connectivity index (χ3v) is 4.88. The van der Waals surface area contributed by atoms with Gasteiger partial charge in [-0.15, -0.1) is 0 Å². The number of benzene rings is 2. The molecule has 0 saturated carbocycles. The second-order valence-corrected chi connectivity index (χ2v) is 6.64. The van der Waals surface area contributed by atoms with Gasteiger partial charge in [0.05, 0.1) is 6.04 Å². The van der Waals surface area contributed by atoms with Crippen LogP contribution in [0, 0.1) is 17.5 Å². The number of hydrogen-bond donors (Lipinski definition) is 1. The summed E-state index contributed by atoms with van der Waals surface area (Å²) >= 11 is 6.20. The van der Waals surface area contributed by atoms with E-state index in [-0.39, 0.29) is 12.1 Å². The van der Waals surface area contributed by atoms with Crippen molar-refractivity contribution in [3.8, 4) is 0 Å². The summed E-state index contributed by atoms with van der Waals surface area (Å²) in [7, 11) is 0. The zero-order valence-electron chi connectivity index (χ0n) is 13.9. The van der Waals surface area contributed by atoms with Gasteiger partial charge in [-0.1, -0.05) is 17.7 Å². The van der Waals surface area contributed by atoms with Gasteiger partial charge in [0.25, 0.3) is 5.91 Å². The minimum atomic E-state index is -1.09. The average Bonchev–Trinajstić information content (AvgIpc) is 3.14. The Kier molecular flexibility index (Phi) is 5.84.